The topological polar surface area (TPSA) is 78.5 Å². The van der Waals surface area contributed by atoms with Crippen LogP contribution in [0.15, 0.2) is 16.2 Å². The monoisotopic (exact) mass is 346 g/mol. The number of terminal acetylenes is 1. The van der Waals surface area contributed by atoms with Crippen molar-refractivity contribution >= 4 is 27.6 Å². The van der Waals surface area contributed by atoms with Crippen LogP contribution < -0.4 is 5.56 Å². The number of hydrogen-bond acceptors (Lipinski definition) is 6. The molecule has 1 amide bonds. The standard InChI is InChI=1S/C16H18N4O3S/c1-2-3-9-23-16(22)20-7-5-19(6-8-20)11-13-17-12-4-10-24-14(12)15(21)18-13/h1,4,10H,3,5-9,11H2,(H,17,18,21). The predicted octanol–water partition coefficient (Wildman–Crippen LogP) is 1.26. The molecule has 3 rings (SSSR count). The van der Waals surface area contributed by atoms with Crippen molar-refractivity contribution in [3.05, 3.63) is 27.6 Å². The largest absolute Gasteiger partial charge is 0.448 e. The lowest BCUT2D eigenvalue weighted by Crippen LogP contribution is -2.48. The number of amides is 1. The molecular formula is C16H18N4O3S. The van der Waals surface area contributed by atoms with Gasteiger partial charge < -0.3 is 14.6 Å². The summed E-state index contributed by atoms with van der Waals surface area (Å²) in [4.78, 5) is 35.0. The maximum absolute atomic E-state index is 12.0. The van der Waals surface area contributed by atoms with Crippen LogP contribution in [0.25, 0.3) is 10.2 Å². The summed E-state index contributed by atoms with van der Waals surface area (Å²) in [7, 11) is 0. The van der Waals surface area contributed by atoms with E-state index >= 15 is 0 Å². The van der Waals surface area contributed by atoms with Crippen LogP contribution in [-0.2, 0) is 11.3 Å². The number of nitrogens with zero attached hydrogens (tertiary/aromatic N) is 3. The molecule has 0 radical (unpaired) electrons. The van der Waals surface area contributed by atoms with Gasteiger partial charge in [0.25, 0.3) is 5.56 Å². The highest BCUT2D eigenvalue weighted by atomic mass is 32.1. The van der Waals surface area contributed by atoms with Crippen LogP contribution in [0.2, 0.25) is 0 Å². The molecule has 0 aromatic carbocycles. The van der Waals surface area contributed by atoms with Gasteiger partial charge in [-0.05, 0) is 11.4 Å². The van der Waals surface area contributed by atoms with Crippen LogP contribution in [0.5, 0.6) is 0 Å². The summed E-state index contributed by atoms with van der Waals surface area (Å²) in [6.07, 6.45) is 5.23. The summed E-state index contributed by atoms with van der Waals surface area (Å²) in [6, 6.07) is 1.85. The van der Waals surface area contributed by atoms with Gasteiger partial charge >= 0.3 is 6.09 Å². The van der Waals surface area contributed by atoms with Gasteiger partial charge in [-0.15, -0.1) is 23.7 Å². The van der Waals surface area contributed by atoms with Crippen molar-refractivity contribution in [3.63, 3.8) is 0 Å². The Hall–Kier alpha value is -2.37. The maximum Gasteiger partial charge on any atom is 0.409 e. The van der Waals surface area contributed by atoms with Gasteiger partial charge in [0, 0.05) is 32.6 Å². The average molecular weight is 346 g/mol. The number of H-pyrrole nitrogens is 1. The Kier molecular flexibility index (Phi) is 5.13. The molecule has 0 aliphatic carbocycles. The first-order valence-electron chi connectivity index (χ1n) is 7.71. The first-order chi connectivity index (χ1) is 11.7. The van der Waals surface area contributed by atoms with E-state index in [0.717, 1.165) is 5.52 Å². The minimum atomic E-state index is -0.323. The van der Waals surface area contributed by atoms with E-state index in [2.05, 4.69) is 20.8 Å². The van der Waals surface area contributed by atoms with Gasteiger partial charge in [-0.25, -0.2) is 9.78 Å². The van der Waals surface area contributed by atoms with Crippen LogP contribution in [0.4, 0.5) is 4.79 Å². The van der Waals surface area contributed by atoms with Crippen LogP contribution in [0.1, 0.15) is 12.2 Å². The Balaban J connectivity index is 1.54. The highest BCUT2D eigenvalue weighted by Crippen LogP contribution is 2.14. The zero-order chi connectivity index (χ0) is 16.9. The highest BCUT2D eigenvalue weighted by Gasteiger charge is 2.22. The molecule has 8 heteroatoms. The molecule has 3 heterocycles. The Bertz CT molecular complexity index is 815. The van der Waals surface area contributed by atoms with Crippen molar-refractivity contribution in [2.75, 3.05) is 32.8 Å². The zero-order valence-electron chi connectivity index (χ0n) is 13.2. The van der Waals surface area contributed by atoms with Gasteiger partial charge in [0.2, 0.25) is 0 Å². The third kappa shape index (κ3) is 3.75. The normalized spacial score (nSPS) is 15.4. The lowest BCUT2D eigenvalue weighted by Gasteiger charge is -2.33. The first-order valence-corrected chi connectivity index (χ1v) is 8.59. The molecule has 0 unspecified atom stereocenters. The summed E-state index contributed by atoms with van der Waals surface area (Å²) < 4.78 is 5.75. The van der Waals surface area contributed by atoms with E-state index < -0.39 is 0 Å². The summed E-state index contributed by atoms with van der Waals surface area (Å²) >= 11 is 1.39. The second-order valence-corrected chi connectivity index (χ2v) is 6.40. The first kappa shape index (κ1) is 16.5. The number of nitrogens with one attached hydrogen (secondary N) is 1. The van der Waals surface area contributed by atoms with E-state index in [4.69, 9.17) is 11.2 Å². The van der Waals surface area contributed by atoms with Gasteiger partial charge in [0.1, 0.15) is 17.1 Å². The lowest BCUT2D eigenvalue weighted by molar-refractivity contribution is 0.0753. The summed E-state index contributed by atoms with van der Waals surface area (Å²) in [6.45, 7) is 3.38. The minimum absolute atomic E-state index is 0.0965. The maximum atomic E-state index is 12.0. The molecule has 0 spiro atoms. The summed E-state index contributed by atoms with van der Waals surface area (Å²) in [5.74, 6) is 3.09. The number of aromatic nitrogens is 2. The number of carbonyl (C=O) groups is 1. The quantitative estimate of drug-likeness (QED) is 0.666. The Morgan fingerprint density at radius 1 is 1.42 bits per heavy atom. The van der Waals surface area contributed by atoms with Crippen LogP contribution in [0.3, 0.4) is 0 Å². The van der Waals surface area contributed by atoms with E-state index in [1.807, 2.05) is 11.4 Å². The number of ether oxygens (including phenoxy) is 1. The van der Waals surface area contributed by atoms with Crippen molar-refractivity contribution in [1.29, 1.82) is 0 Å². The average Bonchev–Trinajstić information content (AvgIpc) is 3.05. The molecule has 1 saturated heterocycles. The molecule has 1 N–H and O–H groups in total. The van der Waals surface area contributed by atoms with E-state index in [9.17, 15) is 9.59 Å². The molecule has 0 saturated carbocycles. The van der Waals surface area contributed by atoms with Crippen molar-refractivity contribution < 1.29 is 9.53 Å². The number of piperazine rings is 1. The molecule has 1 aliphatic heterocycles. The van der Waals surface area contributed by atoms with Gasteiger partial charge in [-0.1, -0.05) is 0 Å². The van der Waals surface area contributed by atoms with E-state index in [-0.39, 0.29) is 18.3 Å². The third-order valence-corrected chi connectivity index (χ3v) is 4.74. The van der Waals surface area contributed by atoms with Gasteiger partial charge in [0.15, 0.2) is 0 Å². The molecule has 2 aromatic heterocycles. The smallest absolute Gasteiger partial charge is 0.409 e. The number of rotatable bonds is 4. The fourth-order valence-electron chi connectivity index (χ4n) is 2.59. The number of carbonyl (C=O) groups excluding carboxylic acids is 1. The van der Waals surface area contributed by atoms with Crippen LogP contribution in [0, 0.1) is 12.3 Å². The summed E-state index contributed by atoms with van der Waals surface area (Å²) in [5.41, 5.74) is 0.634. The highest BCUT2D eigenvalue weighted by molar-refractivity contribution is 7.17. The molecule has 24 heavy (non-hydrogen) atoms. The third-order valence-electron chi connectivity index (χ3n) is 3.84. The second-order valence-electron chi connectivity index (χ2n) is 5.48. The molecule has 0 atom stereocenters. The molecule has 0 bridgehead atoms. The van der Waals surface area contributed by atoms with Gasteiger partial charge in [0.05, 0.1) is 12.1 Å². The number of hydrogen-bond donors (Lipinski definition) is 1. The van der Waals surface area contributed by atoms with E-state index in [0.29, 0.717) is 49.7 Å². The second kappa shape index (κ2) is 7.47. The van der Waals surface area contributed by atoms with Crippen molar-refractivity contribution in [2.24, 2.45) is 0 Å². The van der Waals surface area contributed by atoms with Crippen molar-refractivity contribution in [3.8, 4) is 12.3 Å². The Morgan fingerprint density at radius 3 is 2.96 bits per heavy atom. The number of aromatic amines is 1. The zero-order valence-corrected chi connectivity index (χ0v) is 14.0. The molecule has 7 nitrogen and oxygen atoms in total. The number of fused-ring (bicyclic) bond motifs is 1. The molecular weight excluding hydrogens is 328 g/mol. The fraction of sp³-hybridized carbons (Fsp3) is 0.438. The van der Waals surface area contributed by atoms with Crippen LogP contribution >= 0.6 is 11.3 Å². The summed E-state index contributed by atoms with van der Waals surface area (Å²) in [5, 5.41) is 1.86. The Labute approximate surface area is 143 Å². The SMILES string of the molecule is C#CCCOC(=O)N1CCN(Cc2nc3ccsc3c(=O)[nH]2)CC1. The fourth-order valence-corrected chi connectivity index (χ4v) is 3.31. The van der Waals surface area contributed by atoms with E-state index in [1.54, 1.807) is 4.90 Å². The van der Waals surface area contributed by atoms with E-state index in [1.165, 1.54) is 11.3 Å². The van der Waals surface area contributed by atoms with Crippen LogP contribution in [-0.4, -0.2) is 58.6 Å². The predicted molar refractivity (Wildman–Crippen MR) is 91.9 cm³/mol. The van der Waals surface area contributed by atoms with Gasteiger partial charge in [-0.2, -0.15) is 0 Å². The van der Waals surface area contributed by atoms with Crippen molar-refractivity contribution in [2.45, 2.75) is 13.0 Å². The number of thiophene rings is 1. The lowest BCUT2D eigenvalue weighted by atomic mass is 10.3. The van der Waals surface area contributed by atoms with Crippen molar-refractivity contribution in [1.82, 2.24) is 19.8 Å². The van der Waals surface area contributed by atoms with Gasteiger partial charge in [-0.3, -0.25) is 9.69 Å². The molecule has 1 fully saturated rings. The molecule has 1 aliphatic rings. The minimum Gasteiger partial charge on any atom is -0.448 e. The molecule has 126 valence electrons. The molecule has 2 aromatic rings. The Morgan fingerprint density at radius 2 is 2.21 bits per heavy atom.